The second-order valence-electron chi connectivity index (χ2n) is 4.02. The number of carbonyl (C=O) groups is 1. The van der Waals surface area contributed by atoms with E-state index < -0.39 is 12.0 Å². The molecule has 5 heteroatoms. The number of nitrogens with two attached hydrogens (primary N) is 1. The molecule has 1 aliphatic rings. The van der Waals surface area contributed by atoms with Crippen molar-refractivity contribution < 1.29 is 9.90 Å². The summed E-state index contributed by atoms with van der Waals surface area (Å²) in [5, 5.41) is 9.56. The predicted octanol–water partition coefficient (Wildman–Crippen LogP) is 2.44. The quantitative estimate of drug-likeness (QED) is 0.653. The van der Waals surface area contributed by atoms with Crippen molar-refractivity contribution in [3.8, 4) is 0 Å². The molecule has 1 aliphatic heterocycles. The van der Waals surface area contributed by atoms with Crippen LogP contribution in [0.1, 0.15) is 5.56 Å². The van der Waals surface area contributed by atoms with Crippen molar-refractivity contribution in [3.63, 3.8) is 0 Å². The zero-order chi connectivity index (χ0) is 13.7. The number of benzene rings is 1. The number of carboxylic acids is 1. The van der Waals surface area contributed by atoms with Gasteiger partial charge in [-0.2, -0.15) is 0 Å². The molecular weight excluding hydrogens is 260 g/mol. The highest BCUT2D eigenvalue weighted by atomic mass is 32.2. The summed E-state index contributed by atoms with van der Waals surface area (Å²) in [4.78, 5) is 14.8. The van der Waals surface area contributed by atoms with Crippen LogP contribution >= 0.6 is 11.8 Å². The molecule has 0 radical (unpaired) electrons. The van der Waals surface area contributed by atoms with Crippen molar-refractivity contribution >= 4 is 34.5 Å². The first-order chi connectivity index (χ1) is 9.15. The van der Waals surface area contributed by atoms with E-state index in [2.05, 4.69) is 4.99 Å². The lowest BCUT2D eigenvalue weighted by Crippen LogP contribution is -2.16. The number of anilines is 1. The van der Waals surface area contributed by atoms with Crippen LogP contribution in [0.4, 0.5) is 5.69 Å². The van der Waals surface area contributed by atoms with Crippen molar-refractivity contribution in [1.82, 2.24) is 0 Å². The molecule has 0 aromatic heterocycles. The first-order valence-corrected chi connectivity index (χ1v) is 6.77. The van der Waals surface area contributed by atoms with E-state index in [0.717, 1.165) is 16.3 Å². The topological polar surface area (TPSA) is 75.7 Å². The molecule has 0 amide bonds. The van der Waals surface area contributed by atoms with Gasteiger partial charge in [-0.05, 0) is 23.8 Å². The summed E-state index contributed by atoms with van der Waals surface area (Å²) in [6.45, 7) is 0. The van der Waals surface area contributed by atoms with Gasteiger partial charge in [0.1, 0.15) is 0 Å². The number of aliphatic carboxylic acids is 1. The van der Waals surface area contributed by atoms with Crippen molar-refractivity contribution in [2.45, 2.75) is 6.04 Å². The Bertz CT molecular complexity index is 547. The van der Waals surface area contributed by atoms with Gasteiger partial charge in [-0.15, -0.1) is 11.8 Å². The van der Waals surface area contributed by atoms with Gasteiger partial charge >= 0.3 is 5.97 Å². The maximum absolute atomic E-state index is 10.7. The van der Waals surface area contributed by atoms with Crippen LogP contribution in [-0.2, 0) is 4.79 Å². The number of nitrogen functional groups attached to an aromatic ring is 1. The summed E-state index contributed by atoms with van der Waals surface area (Å²) in [7, 11) is 0. The molecule has 3 N–H and O–H groups in total. The monoisotopic (exact) mass is 274 g/mol. The highest BCUT2D eigenvalue weighted by Crippen LogP contribution is 2.19. The fraction of sp³-hybridized carbons (Fsp3) is 0.143. The summed E-state index contributed by atoms with van der Waals surface area (Å²) in [6.07, 6.45) is 7.52. The molecule has 1 aromatic carbocycles. The Labute approximate surface area is 115 Å². The largest absolute Gasteiger partial charge is 0.480 e. The molecule has 19 heavy (non-hydrogen) atoms. The molecule has 1 heterocycles. The second kappa shape index (κ2) is 6.24. The molecular formula is C14H14N2O2S. The van der Waals surface area contributed by atoms with Crippen LogP contribution in [0.15, 0.2) is 47.5 Å². The molecule has 1 aromatic rings. The van der Waals surface area contributed by atoms with E-state index in [0.29, 0.717) is 5.75 Å². The van der Waals surface area contributed by atoms with Crippen LogP contribution in [0.25, 0.3) is 6.08 Å². The van der Waals surface area contributed by atoms with E-state index in [-0.39, 0.29) is 0 Å². The van der Waals surface area contributed by atoms with E-state index >= 15 is 0 Å². The minimum absolute atomic E-state index is 0.511. The average molecular weight is 274 g/mol. The zero-order valence-corrected chi connectivity index (χ0v) is 11.0. The first kappa shape index (κ1) is 13.4. The number of aliphatic imine (C=N–C) groups is 1. The Morgan fingerprint density at radius 1 is 1.32 bits per heavy atom. The summed E-state index contributed by atoms with van der Waals surface area (Å²) in [5.41, 5.74) is 7.40. The lowest BCUT2D eigenvalue weighted by Gasteiger charge is -1.93. The second-order valence-corrected chi connectivity index (χ2v) is 5.06. The molecule has 0 spiro atoms. The van der Waals surface area contributed by atoms with Crippen LogP contribution in [0, 0.1) is 0 Å². The summed E-state index contributed by atoms with van der Waals surface area (Å²) in [5.74, 6) is -0.357. The van der Waals surface area contributed by atoms with Crippen LogP contribution in [-0.4, -0.2) is 27.9 Å². The van der Waals surface area contributed by atoms with Crippen LogP contribution < -0.4 is 5.73 Å². The molecule has 0 fully saturated rings. The third-order valence-electron chi connectivity index (χ3n) is 2.53. The Hall–Kier alpha value is -2.01. The highest BCUT2D eigenvalue weighted by Gasteiger charge is 2.22. The number of hydrogen-bond acceptors (Lipinski definition) is 4. The summed E-state index contributed by atoms with van der Waals surface area (Å²) >= 11 is 1.46. The van der Waals surface area contributed by atoms with Gasteiger partial charge in [0.05, 0.1) is 5.04 Å². The van der Waals surface area contributed by atoms with E-state index in [1.807, 2.05) is 48.6 Å². The SMILES string of the molecule is Nc1ccc(/C=C/C=C/C2=N[C@@H](C(=O)O)CS2)cc1. The van der Waals surface area contributed by atoms with Crippen molar-refractivity contribution in [3.05, 3.63) is 48.1 Å². The van der Waals surface area contributed by atoms with E-state index in [1.54, 1.807) is 0 Å². The van der Waals surface area contributed by atoms with Crippen LogP contribution in [0.2, 0.25) is 0 Å². The number of hydrogen-bond donors (Lipinski definition) is 2. The zero-order valence-electron chi connectivity index (χ0n) is 10.2. The van der Waals surface area contributed by atoms with Crippen molar-refractivity contribution in [2.24, 2.45) is 4.99 Å². The normalized spacial score (nSPS) is 19.2. The van der Waals surface area contributed by atoms with Gasteiger partial charge in [0.25, 0.3) is 0 Å². The van der Waals surface area contributed by atoms with E-state index in [9.17, 15) is 4.79 Å². The minimum atomic E-state index is -0.867. The maximum atomic E-state index is 10.7. The Balaban J connectivity index is 1.92. The molecule has 1 atom stereocenters. The molecule has 2 rings (SSSR count). The summed E-state index contributed by atoms with van der Waals surface area (Å²) < 4.78 is 0. The van der Waals surface area contributed by atoms with E-state index in [4.69, 9.17) is 10.8 Å². The maximum Gasteiger partial charge on any atom is 0.329 e. The Kier molecular flexibility index (Phi) is 4.41. The smallest absolute Gasteiger partial charge is 0.329 e. The van der Waals surface area contributed by atoms with Crippen LogP contribution in [0.3, 0.4) is 0 Å². The van der Waals surface area contributed by atoms with Crippen molar-refractivity contribution in [1.29, 1.82) is 0 Å². The molecule has 0 unspecified atom stereocenters. The molecule has 0 aliphatic carbocycles. The average Bonchev–Trinajstić information content (AvgIpc) is 2.86. The van der Waals surface area contributed by atoms with E-state index in [1.165, 1.54) is 11.8 Å². The van der Waals surface area contributed by atoms with Gasteiger partial charge in [0.2, 0.25) is 0 Å². The third-order valence-corrected chi connectivity index (χ3v) is 3.55. The standard InChI is InChI=1S/C14H14N2O2S/c15-11-7-5-10(6-8-11)3-1-2-4-13-16-12(9-19-13)14(17)18/h1-8,12H,9,15H2,(H,17,18)/b3-1+,4-2+/t12-/m1/s1. The number of nitrogens with zero attached hydrogens (tertiary/aromatic N) is 1. The van der Waals surface area contributed by atoms with Gasteiger partial charge in [-0.3, -0.25) is 4.99 Å². The highest BCUT2D eigenvalue weighted by molar-refractivity contribution is 8.14. The Morgan fingerprint density at radius 2 is 2.00 bits per heavy atom. The predicted molar refractivity (Wildman–Crippen MR) is 80.3 cm³/mol. The third kappa shape index (κ3) is 3.99. The Morgan fingerprint density at radius 3 is 2.63 bits per heavy atom. The van der Waals surface area contributed by atoms with Gasteiger partial charge in [0, 0.05) is 11.4 Å². The molecule has 0 saturated carbocycles. The van der Waals surface area contributed by atoms with Crippen LogP contribution in [0.5, 0.6) is 0 Å². The fourth-order valence-corrected chi connectivity index (χ4v) is 2.44. The number of thioether (sulfide) groups is 1. The lowest BCUT2D eigenvalue weighted by atomic mass is 10.2. The minimum Gasteiger partial charge on any atom is -0.480 e. The lowest BCUT2D eigenvalue weighted by molar-refractivity contribution is -0.137. The van der Waals surface area contributed by atoms with Gasteiger partial charge in [0.15, 0.2) is 6.04 Å². The van der Waals surface area contributed by atoms with Gasteiger partial charge in [-0.25, -0.2) is 4.79 Å². The number of allylic oxidation sites excluding steroid dienone is 2. The molecule has 0 bridgehead atoms. The van der Waals surface area contributed by atoms with Crippen molar-refractivity contribution in [2.75, 3.05) is 11.5 Å². The molecule has 4 nitrogen and oxygen atoms in total. The number of rotatable bonds is 4. The fourth-order valence-electron chi connectivity index (χ4n) is 1.52. The van der Waals surface area contributed by atoms with Gasteiger partial charge in [-0.1, -0.05) is 30.4 Å². The number of carboxylic acid groups (broad SMARTS) is 1. The molecule has 98 valence electrons. The summed E-state index contributed by atoms with van der Waals surface area (Å²) in [6, 6.07) is 6.95. The molecule has 0 saturated heterocycles. The van der Waals surface area contributed by atoms with Gasteiger partial charge < -0.3 is 10.8 Å². The first-order valence-electron chi connectivity index (χ1n) is 5.79.